The Hall–Kier alpha value is -2.68. The van der Waals surface area contributed by atoms with Crippen LogP contribution in [0, 0.1) is 6.92 Å². The summed E-state index contributed by atoms with van der Waals surface area (Å²) < 4.78 is 13.1. The van der Waals surface area contributed by atoms with E-state index in [2.05, 4.69) is 35.1 Å². The second kappa shape index (κ2) is 6.80. The molecule has 5 rings (SSSR count). The summed E-state index contributed by atoms with van der Waals surface area (Å²) in [4.78, 5) is 13.2. The van der Waals surface area contributed by atoms with Crippen molar-refractivity contribution < 1.29 is 9.26 Å². The Balaban J connectivity index is 1.39. The van der Waals surface area contributed by atoms with E-state index >= 15 is 0 Å². The minimum atomic E-state index is 0.167. The number of nitrogens with zero attached hydrogens (tertiary/aromatic N) is 7. The molecule has 140 valence electrons. The van der Waals surface area contributed by atoms with E-state index in [0.29, 0.717) is 23.6 Å². The number of aryl methyl sites for hydroxylation is 2. The molecule has 0 saturated carbocycles. The van der Waals surface area contributed by atoms with Crippen LogP contribution in [0.4, 0.5) is 0 Å². The van der Waals surface area contributed by atoms with E-state index in [0.717, 1.165) is 56.7 Å². The fourth-order valence-corrected chi connectivity index (χ4v) is 3.88. The largest absolute Gasteiger partial charge is 0.381 e. The highest BCUT2D eigenvalue weighted by molar-refractivity contribution is 5.41. The molecule has 27 heavy (non-hydrogen) atoms. The molecule has 1 unspecified atom stereocenters. The highest BCUT2D eigenvalue weighted by atomic mass is 16.5. The maximum Gasteiger partial charge on any atom is 0.240 e. The van der Waals surface area contributed by atoms with E-state index in [-0.39, 0.29) is 5.92 Å². The zero-order chi connectivity index (χ0) is 18.2. The van der Waals surface area contributed by atoms with Crippen molar-refractivity contribution in [1.82, 2.24) is 35.1 Å². The van der Waals surface area contributed by atoms with Gasteiger partial charge in [0, 0.05) is 37.4 Å². The molecule has 0 aromatic carbocycles. The Bertz CT molecular complexity index is 945. The molecule has 0 bridgehead atoms. The minimum absolute atomic E-state index is 0.167. The average molecular weight is 367 g/mol. The zero-order valence-electron chi connectivity index (χ0n) is 15.2. The lowest BCUT2D eigenvalue weighted by Crippen LogP contribution is -2.24. The molecule has 4 heterocycles. The second-order valence-corrected chi connectivity index (χ2v) is 7.19. The van der Waals surface area contributed by atoms with E-state index in [4.69, 9.17) is 9.26 Å². The van der Waals surface area contributed by atoms with Crippen LogP contribution in [0.5, 0.6) is 0 Å². The molecule has 0 amide bonds. The van der Waals surface area contributed by atoms with E-state index in [1.165, 1.54) is 5.69 Å². The van der Waals surface area contributed by atoms with Crippen molar-refractivity contribution >= 4 is 0 Å². The molecule has 0 N–H and O–H groups in total. The Labute approximate surface area is 156 Å². The lowest BCUT2D eigenvalue weighted by molar-refractivity contribution is 0.0647. The van der Waals surface area contributed by atoms with Crippen molar-refractivity contribution in [3.8, 4) is 11.6 Å². The molecule has 3 aromatic heterocycles. The van der Waals surface area contributed by atoms with Gasteiger partial charge in [0.15, 0.2) is 0 Å². The Morgan fingerprint density at radius 2 is 2.00 bits per heavy atom. The summed E-state index contributed by atoms with van der Waals surface area (Å²) in [5.41, 5.74) is 3.17. The number of hydrogen-bond acceptors (Lipinski definition) is 8. The Morgan fingerprint density at radius 3 is 2.85 bits per heavy atom. The van der Waals surface area contributed by atoms with Crippen molar-refractivity contribution in [1.29, 1.82) is 0 Å². The van der Waals surface area contributed by atoms with E-state index in [1.807, 2.05) is 13.0 Å². The van der Waals surface area contributed by atoms with Crippen LogP contribution in [-0.4, -0.2) is 48.3 Å². The van der Waals surface area contributed by atoms with Crippen LogP contribution >= 0.6 is 0 Å². The molecular formula is C18H21N7O2. The Morgan fingerprint density at radius 1 is 1.11 bits per heavy atom. The highest BCUT2D eigenvalue weighted by Gasteiger charge is 2.31. The topological polar surface area (TPSA) is 105 Å². The van der Waals surface area contributed by atoms with E-state index in [9.17, 15) is 0 Å². The van der Waals surface area contributed by atoms with Gasteiger partial charge in [0.25, 0.3) is 0 Å². The van der Waals surface area contributed by atoms with Crippen molar-refractivity contribution in [3.05, 3.63) is 35.2 Å². The van der Waals surface area contributed by atoms with Gasteiger partial charge in [-0.2, -0.15) is 4.98 Å². The summed E-state index contributed by atoms with van der Waals surface area (Å²) in [5, 5.41) is 12.9. The normalized spacial score (nSPS) is 20.6. The number of aromatic nitrogens is 7. The molecule has 1 fully saturated rings. The van der Waals surface area contributed by atoms with Gasteiger partial charge in [-0.15, -0.1) is 5.10 Å². The third-order valence-corrected chi connectivity index (χ3v) is 5.36. The van der Waals surface area contributed by atoms with Crippen molar-refractivity contribution in [2.75, 3.05) is 13.2 Å². The summed E-state index contributed by atoms with van der Waals surface area (Å²) in [6.07, 6.45) is 6.29. The maximum atomic E-state index is 5.56. The fraction of sp³-hybridized carbons (Fsp3) is 0.556. The lowest BCUT2D eigenvalue weighted by atomic mass is 9.89. The van der Waals surface area contributed by atoms with Gasteiger partial charge >= 0.3 is 0 Å². The van der Waals surface area contributed by atoms with Crippen molar-refractivity contribution in [2.24, 2.45) is 0 Å². The first-order valence-corrected chi connectivity index (χ1v) is 9.42. The molecule has 9 heteroatoms. The van der Waals surface area contributed by atoms with Crippen molar-refractivity contribution in [3.63, 3.8) is 0 Å². The molecule has 1 saturated heterocycles. The third kappa shape index (κ3) is 3.12. The quantitative estimate of drug-likeness (QED) is 0.693. The maximum absolute atomic E-state index is 5.56. The molecule has 3 aromatic rings. The predicted molar refractivity (Wildman–Crippen MR) is 93.9 cm³/mol. The van der Waals surface area contributed by atoms with Crippen LogP contribution in [0.1, 0.15) is 54.2 Å². The number of ether oxygens (including phenoxy) is 1. The summed E-state index contributed by atoms with van der Waals surface area (Å²) in [6, 6.07) is 2.21. The monoisotopic (exact) mass is 367 g/mol. The third-order valence-electron chi connectivity index (χ3n) is 5.36. The smallest absolute Gasteiger partial charge is 0.240 e. The summed E-state index contributed by atoms with van der Waals surface area (Å²) in [5.74, 6) is 1.74. The first-order chi connectivity index (χ1) is 13.3. The van der Waals surface area contributed by atoms with Gasteiger partial charge in [-0.1, -0.05) is 10.4 Å². The minimum Gasteiger partial charge on any atom is -0.381 e. The second-order valence-electron chi connectivity index (χ2n) is 7.19. The van der Waals surface area contributed by atoms with Crippen LogP contribution in [0.25, 0.3) is 11.6 Å². The first kappa shape index (κ1) is 16.5. The van der Waals surface area contributed by atoms with Gasteiger partial charge < -0.3 is 9.26 Å². The number of hydrogen-bond donors (Lipinski definition) is 0. The van der Waals surface area contributed by atoms with Crippen molar-refractivity contribution in [2.45, 2.75) is 51.0 Å². The predicted octanol–water partition coefficient (Wildman–Crippen LogP) is 2.05. The summed E-state index contributed by atoms with van der Waals surface area (Å²) in [6.45, 7) is 3.48. The van der Waals surface area contributed by atoms with Crippen LogP contribution in [0.15, 0.2) is 16.8 Å². The first-order valence-electron chi connectivity index (χ1n) is 9.42. The van der Waals surface area contributed by atoms with E-state index in [1.54, 1.807) is 6.20 Å². The number of fused-ring (bicyclic) bond motifs is 1. The molecule has 9 nitrogen and oxygen atoms in total. The zero-order valence-corrected chi connectivity index (χ0v) is 15.2. The lowest BCUT2D eigenvalue weighted by Gasteiger charge is -2.26. The van der Waals surface area contributed by atoms with Crippen LogP contribution in [0.2, 0.25) is 0 Å². The molecular weight excluding hydrogens is 346 g/mol. The molecule has 0 radical (unpaired) electrons. The van der Waals surface area contributed by atoms with Gasteiger partial charge in [0.2, 0.25) is 17.5 Å². The van der Waals surface area contributed by atoms with Crippen LogP contribution in [0.3, 0.4) is 0 Å². The van der Waals surface area contributed by atoms with E-state index < -0.39 is 0 Å². The van der Waals surface area contributed by atoms with Gasteiger partial charge in [0.1, 0.15) is 0 Å². The van der Waals surface area contributed by atoms with Crippen LogP contribution in [-0.2, 0) is 17.6 Å². The highest BCUT2D eigenvalue weighted by Crippen LogP contribution is 2.34. The molecule has 1 aliphatic heterocycles. The van der Waals surface area contributed by atoms with Crippen LogP contribution < -0.4 is 0 Å². The number of rotatable bonds is 3. The molecule has 1 atom stereocenters. The Kier molecular flexibility index (Phi) is 4.16. The molecule has 1 aliphatic carbocycles. The average Bonchev–Trinajstić information content (AvgIpc) is 3.36. The summed E-state index contributed by atoms with van der Waals surface area (Å²) in [7, 11) is 0. The van der Waals surface area contributed by atoms with Gasteiger partial charge in [-0.3, -0.25) is 0 Å². The molecule has 2 aliphatic rings. The summed E-state index contributed by atoms with van der Waals surface area (Å²) >= 11 is 0. The SMILES string of the molecule is Cc1ccnc(-c2noc(C3CCc4nnn(C5CCOCC5)c4C3)n2)n1. The standard InChI is InChI=1S/C18H21N7O2/c1-11-4-7-19-16(20-11)17-21-18(27-23-17)12-2-3-14-15(10-12)25(24-22-14)13-5-8-26-9-6-13/h4,7,12-13H,2-3,5-6,8-10H2,1H3. The van der Waals surface area contributed by atoms with Gasteiger partial charge in [-0.05, 0) is 38.7 Å². The molecule has 0 spiro atoms. The van der Waals surface area contributed by atoms with Gasteiger partial charge in [0.05, 0.1) is 17.4 Å². The van der Waals surface area contributed by atoms with Gasteiger partial charge in [-0.25, -0.2) is 14.6 Å². The fourth-order valence-electron chi connectivity index (χ4n) is 3.88.